The van der Waals surface area contributed by atoms with E-state index in [-0.39, 0.29) is 0 Å². The predicted octanol–water partition coefficient (Wildman–Crippen LogP) is 27.1. The van der Waals surface area contributed by atoms with Crippen LogP contribution in [0.15, 0.2) is 337 Å². The van der Waals surface area contributed by atoms with Crippen molar-refractivity contribution in [1.82, 2.24) is 0 Å². The standard InChI is InChI=1S/C87H62N4S4/c1-87(2)79-56-72(89(82-40-20-48-93-82)68-36-16-32-64(52-68)60-25-9-4-10-26-60)43-45-73(79)75-57-77-78(58-80(75)87)85(90(83-41-21-49-94-83)69-37-17-33-65(53-69)61-27-11-5-12-28-61)74-46-44-71(88(81-39-19-47-92-81)67-35-15-31-63(51-67)59-23-7-3-8-24-59)55-76(74)86(77)91(84-42-22-50-95-84)70-38-18-34-66(54-70)62-29-13-6-14-30-62/h3-58H,1-2H3. The first-order valence-corrected chi connectivity index (χ1v) is 35.6. The molecule has 0 N–H and O–H groups in total. The lowest BCUT2D eigenvalue weighted by molar-refractivity contribution is 0.661. The summed E-state index contributed by atoms with van der Waals surface area (Å²) in [5.41, 5.74) is 22.7. The first-order valence-electron chi connectivity index (χ1n) is 32.1. The highest BCUT2D eigenvalue weighted by Gasteiger charge is 2.39. The molecular formula is C87H62N4S4. The van der Waals surface area contributed by atoms with Crippen LogP contribution in [0.4, 0.5) is 65.5 Å². The van der Waals surface area contributed by atoms with E-state index in [9.17, 15) is 0 Å². The van der Waals surface area contributed by atoms with E-state index in [1.165, 1.54) is 50.1 Å². The molecule has 0 unspecified atom stereocenters. The first kappa shape index (κ1) is 58.0. The average Bonchev–Trinajstić information content (AvgIpc) is 1.67. The smallest absolute Gasteiger partial charge is 0.0999 e. The summed E-state index contributed by atoms with van der Waals surface area (Å²) in [5.74, 6) is 0. The van der Waals surface area contributed by atoms with Gasteiger partial charge in [-0.15, -0.1) is 45.3 Å². The summed E-state index contributed by atoms with van der Waals surface area (Å²) in [6, 6.07) is 117. The quantitative estimate of drug-likeness (QED) is 0.0706. The van der Waals surface area contributed by atoms with E-state index in [4.69, 9.17) is 0 Å². The van der Waals surface area contributed by atoms with Crippen LogP contribution in [-0.2, 0) is 5.41 Å². The molecule has 4 heterocycles. The maximum absolute atomic E-state index is 2.58. The van der Waals surface area contributed by atoms with Gasteiger partial charge >= 0.3 is 0 Å². The van der Waals surface area contributed by atoms with Crippen LogP contribution in [0.1, 0.15) is 25.0 Å². The predicted molar refractivity (Wildman–Crippen MR) is 411 cm³/mol. The Bertz CT molecular complexity index is 5400. The number of benzene rings is 12. The van der Waals surface area contributed by atoms with Crippen molar-refractivity contribution in [2.24, 2.45) is 0 Å². The Morgan fingerprint density at radius 3 is 0.937 bits per heavy atom. The molecule has 0 aliphatic heterocycles. The minimum absolute atomic E-state index is 0.425. The van der Waals surface area contributed by atoms with Crippen molar-refractivity contribution in [3.63, 3.8) is 0 Å². The fourth-order valence-electron chi connectivity index (χ4n) is 14.1. The number of nitrogens with zero attached hydrogens (tertiary/aromatic N) is 4. The van der Waals surface area contributed by atoms with E-state index >= 15 is 0 Å². The van der Waals surface area contributed by atoms with Gasteiger partial charge in [0, 0.05) is 61.1 Å². The minimum atomic E-state index is -0.425. The molecule has 1 aliphatic carbocycles. The van der Waals surface area contributed by atoms with Crippen molar-refractivity contribution in [2.45, 2.75) is 19.3 Å². The summed E-state index contributed by atoms with van der Waals surface area (Å²) in [7, 11) is 0. The van der Waals surface area contributed by atoms with Crippen molar-refractivity contribution in [3.05, 3.63) is 348 Å². The number of thiophene rings is 4. The zero-order valence-corrected chi connectivity index (χ0v) is 55.5. The summed E-state index contributed by atoms with van der Waals surface area (Å²) in [6.07, 6.45) is 0. The number of hydrogen-bond donors (Lipinski definition) is 0. The molecule has 1 aliphatic rings. The summed E-state index contributed by atoms with van der Waals surface area (Å²) in [4.78, 5) is 10.0. The number of rotatable bonds is 16. The van der Waals surface area contributed by atoms with Gasteiger partial charge in [-0.2, -0.15) is 0 Å². The van der Waals surface area contributed by atoms with Crippen LogP contribution in [0.3, 0.4) is 0 Å². The molecular weight excluding hydrogens is 1230 g/mol. The van der Waals surface area contributed by atoms with Crippen LogP contribution in [0.2, 0.25) is 0 Å². The molecule has 17 rings (SSSR count). The summed E-state index contributed by atoms with van der Waals surface area (Å²) < 4.78 is 0. The van der Waals surface area contributed by atoms with E-state index in [1.54, 1.807) is 45.3 Å². The third kappa shape index (κ3) is 10.6. The molecule has 0 saturated heterocycles. The number of hydrogen-bond acceptors (Lipinski definition) is 8. The van der Waals surface area contributed by atoms with E-state index in [1.807, 2.05) is 0 Å². The second-order valence-corrected chi connectivity index (χ2v) is 28.2. The molecule has 12 aromatic carbocycles. The molecule has 0 amide bonds. The average molecular weight is 1290 g/mol. The molecule has 0 atom stereocenters. The van der Waals surface area contributed by atoms with E-state index in [0.29, 0.717) is 0 Å². The van der Waals surface area contributed by atoms with Crippen LogP contribution in [-0.4, -0.2) is 0 Å². The highest BCUT2D eigenvalue weighted by Crippen LogP contribution is 2.59. The van der Waals surface area contributed by atoms with Crippen LogP contribution in [0.25, 0.3) is 77.2 Å². The summed E-state index contributed by atoms with van der Waals surface area (Å²) in [5, 5.41) is 17.9. The fraction of sp³-hybridized carbons (Fsp3) is 0.0345. The van der Waals surface area contributed by atoms with Crippen molar-refractivity contribution in [3.8, 4) is 55.6 Å². The van der Waals surface area contributed by atoms with Crippen molar-refractivity contribution < 1.29 is 0 Å². The molecule has 0 spiro atoms. The normalized spacial score (nSPS) is 12.2. The Balaban J connectivity index is 0.973. The lowest BCUT2D eigenvalue weighted by atomic mass is 9.81. The zero-order valence-electron chi connectivity index (χ0n) is 52.3. The van der Waals surface area contributed by atoms with Gasteiger partial charge in [-0.25, -0.2) is 0 Å². The van der Waals surface area contributed by atoms with Gasteiger partial charge in [0.1, 0.15) is 0 Å². The van der Waals surface area contributed by atoms with Crippen molar-refractivity contribution in [1.29, 1.82) is 0 Å². The lowest BCUT2D eigenvalue weighted by Gasteiger charge is -2.33. The summed E-state index contributed by atoms with van der Waals surface area (Å²) >= 11 is 7.05. The maximum atomic E-state index is 2.58. The Kier molecular flexibility index (Phi) is 15.0. The minimum Gasteiger partial charge on any atom is -0.302 e. The third-order valence-corrected chi connectivity index (χ3v) is 22.0. The Morgan fingerprint density at radius 1 is 0.221 bits per heavy atom. The SMILES string of the molecule is CC1(C)c2cc(N(c3cccc(-c4ccccc4)c3)c3cccs3)ccc2-c2cc3c(N(c4cccc(-c5ccccc5)c4)c4cccs4)c4cc(N(c5cccc(-c6ccccc6)c5)c5cccs5)ccc4c(N(c4cccc(-c5ccccc5)c4)c4cccs4)c3cc21. The topological polar surface area (TPSA) is 13.0 Å². The number of anilines is 12. The highest BCUT2D eigenvalue weighted by atomic mass is 32.1. The van der Waals surface area contributed by atoms with Crippen LogP contribution >= 0.6 is 45.3 Å². The van der Waals surface area contributed by atoms with Gasteiger partial charge in [0.05, 0.1) is 31.4 Å². The van der Waals surface area contributed by atoms with Gasteiger partial charge in [0.25, 0.3) is 0 Å². The summed E-state index contributed by atoms with van der Waals surface area (Å²) in [6.45, 7) is 4.87. The molecule has 8 heteroatoms. The third-order valence-electron chi connectivity index (χ3n) is 18.5. The largest absolute Gasteiger partial charge is 0.302 e. The number of fused-ring (bicyclic) bond motifs is 5. The zero-order chi connectivity index (χ0) is 63.4. The van der Waals surface area contributed by atoms with Gasteiger partial charge in [0.2, 0.25) is 0 Å². The molecule has 0 radical (unpaired) electrons. The molecule has 0 fully saturated rings. The molecule has 0 saturated carbocycles. The van der Waals surface area contributed by atoms with Gasteiger partial charge in [-0.1, -0.05) is 196 Å². The molecule has 95 heavy (non-hydrogen) atoms. The Hall–Kier alpha value is -10.8. The Labute approximate surface area is 570 Å². The lowest BCUT2D eigenvalue weighted by Crippen LogP contribution is -2.17. The maximum Gasteiger partial charge on any atom is 0.0999 e. The molecule has 454 valence electrons. The van der Waals surface area contributed by atoms with Gasteiger partial charge in [-0.05, 0) is 222 Å². The van der Waals surface area contributed by atoms with Crippen molar-refractivity contribution in [2.75, 3.05) is 19.6 Å². The second-order valence-electron chi connectivity index (χ2n) is 24.5. The van der Waals surface area contributed by atoms with Gasteiger partial charge < -0.3 is 19.6 Å². The van der Waals surface area contributed by atoms with Gasteiger partial charge in [-0.3, -0.25) is 0 Å². The fourth-order valence-corrected chi connectivity index (χ4v) is 17.1. The van der Waals surface area contributed by atoms with Crippen LogP contribution in [0, 0.1) is 0 Å². The molecule has 4 nitrogen and oxygen atoms in total. The van der Waals surface area contributed by atoms with E-state index in [0.717, 1.165) is 104 Å². The van der Waals surface area contributed by atoms with Gasteiger partial charge in [0.15, 0.2) is 0 Å². The first-order chi connectivity index (χ1) is 46.9. The molecule has 4 aromatic heterocycles. The van der Waals surface area contributed by atoms with Crippen molar-refractivity contribution >= 4 is 132 Å². The second kappa shape index (κ2) is 24.6. The monoisotopic (exact) mass is 1290 g/mol. The van der Waals surface area contributed by atoms with E-state index in [2.05, 4.69) is 370 Å². The molecule has 16 aromatic rings. The Morgan fingerprint density at radius 2 is 0.537 bits per heavy atom. The highest BCUT2D eigenvalue weighted by molar-refractivity contribution is 7.15. The molecule has 0 bridgehead atoms. The van der Waals surface area contributed by atoms with Crippen LogP contribution in [0.5, 0.6) is 0 Å². The van der Waals surface area contributed by atoms with Crippen LogP contribution < -0.4 is 19.6 Å². The van der Waals surface area contributed by atoms with E-state index < -0.39 is 5.41 Å².